The van der Waals surface area contributed by atoms with Gasteiger partial charge in [0.05, 0.1) is 7.11 Å². The van der Waals surface area contributed by atoms with Gasteiger partial charge in [0.25, 0.3) is 6.43 Å². The quantitative estimate of drug-likeness (QED) is 0.631. The van der Waals surface area contributed by atoms with Crippen molar-refractivity contribution in [3.05, 3.63) is 29.1 Å². The summed E-state index contributed by atoms with van der Waals surface area (Å²) in [6, 6.07) is 1.19. The molecule has 0 radical (unpaired) electrons. The third kappa shape index (κ3) is 2.50. The molecule has 1 aromatic rings. The number of carbonyl (C=O) groups is 1. The fraction of sp³-hybridized carbons (Fsp3) is 0.333. The normalized spacial score (nSPS) is 10.5. The van der Waals surface area contributed by atoms with Crippen molar-refractivity contribution in [3.63, 3.8) is 0 Å². The molecule has 0 aliphatic rings. The van der Waals surface area contributed by atoms with E-state index in [1.54, 1.807) is 0 Å². The van der Waals surface area contributed by atoms with Crippen molar-refractivity contribution in [2.75, 3.05) is 7.11 Å². The standard InChI is InChI=1S/C9H8BrF2NO2/c1-15-9(14)7-6(4-10)5(8(11)12)2-3-13-7/h2-3,8H,4H2,1H3. The van der Waals surface area contributed by atoms with Crippen molar-refractivity contribution in [2.45, 2.75) is 11.8 Å². The first-order chi connectivity index (χ1) is 7.11. The van der Waals surface area contributed by atoms with E-state index >= 15 is 0 Å². The van der Waals surface area contributed by atoms with Gasteiger partial charge in [-0.15, -0.1) is 0 Å². The van der Waals surface area contributed by atoms with Gasteiger partial charge in [0.15, 0.2) is 5.69 Å². The van der Waals surface area contributed by atoms with Crippen molar-refractivity contribution >= 4 is 21.9 Å². The largest absolute Gasteiger partial charge is 0.464 e. The Morgan fingerprint density at radius 2 is 2.33 bits per heavy atom. The van der Waals surface area contributed by atoms with Crippen LogP contribution < -0.4 is 0 Å². The van der Waals surface area contributed by atoms with Crippen LogP contribution in [-0.4, -0.2) is 18.1 Å². The molecule has 0 saturated heterocycles. The Labute approximate surface area is 93.6 Å². The van der Waals surface area contributed by atoms with Crippen molar-refractivity contribution in [1.29, 1.82) is 0 Å². The van der Waals surface area contributed by atoms with Gasteiger partial charge in [0.1, 0.15) is 0 Å². The van der Waals surface area contributed by atoms with Gasteiger partial charge >= 0.3 is 5.97 Å². The second kappa shape index (κ2) is 5.16. The Morgan fingerprint density at radius 3 is 2.80 bits per heavy atom. The number of alkyl halides is 3. The molecule has 0 aromatic carbocycles. The molecule has 0 unspecified atom stereocenters. The number of hydrogen-bond acceptors (Lipinski definition) is 3. The number of pyridine rings is 1. The number of halogens is 3. The summed E-state index contributed by atoms with van der Waals surface area (Å²) in [6.45, 7) is 0. The van der Waals surface area contributed by atoms with Gasteiger partial charge in [0, 0.05) is 22.7 Å². The summed E-state index contributed by atoms with van der Waals surface area (Å²) in [6.07, 6.45) is -1.47. The fourth-order valence-corrected chi connectivity index (χ4v) is 1.71. The number of methoxy groups -OCH3 is 1. The Bertz CT molecular complexity index is 371. The van der Waals surface area contributed by atoms with Crippen molar-refractivity contribution < 1.29 is 18.3 Å². The molecule has 0 saturated carbocycles. The molecule has 15 heavy (non-hydrogen) atoms. The lowest BCUT2D eigenvalue weighted by atomic mass is 10.1. The molecule has 1 heterocycles. The Balaban J connectivity index is 3.28. The highest BCUT2D eigenvalue weighted by Gasteiger charge is 2.20. The topological polar surface area (TPSA) is 39.2 Å². The molecular weight excluding hydrogens is 272 g/mol. The first-order valence-corrected chi connectivity index (χ1v) is 5.14. The Kier molecular flexibility index (Phi) is 4.14. The van der Waals surface area contributed by atoms with Crippen LogP contribution in [0.2, 0.25) is 0 Å². The van der Waals surface area contributed by atoms with Crippen LogP contribution >= 0.6 is 15.9 Å². The van der Waals surface area contributed by atoms with Crippen LogP contribution in [0, 0.1) is 0 Å². The lowest BCUT2D eigenvalue weighted by Gasteiger charge is -2.09. The highest BCUT2D eigenvalue weighted by molar-refractivity contribution is 9.08. The fourth-order valence-electron chi connectivity index (χ4n) is 1.12. The summed E-state index contributed by atoms with van der Waals surface area (Å²) >= 11 is 3.04. The van der Waals surface area contributed by atoms with Crippen molar-refractivity contribution in [1.82, 2.24) is 4.98 Å². The molecule has 0 bridgehead atoms. The third-order valence-electron chi connectivity index (χ3n) is 1.84. The molecule has 82 valence electrons. The van der Waals surface area contributed by atoms with Crippen molar-refractivity contribution in [2.24, 2.45) is 0 Å². The number of ether oxygens (including phenoxy) is 1. The molecule has 0 aliphatic heterocycles. The zero-order valence-corrected chi connectivity index (χ0v) is 9.42. The monoisotopic (exact) mass is 279 g/mol. The molecule has 6 heteroatoms. The number of carbonyl (C=O) groups excluding carboxylic acids is 1. The first-order valence-electron chi connectivity index (χ1n) is 4.02. The van der Waals surface area contributed by atoms with E-state index < -0.39 is 12.4 Å². The summed E-state index contributed by atoms with van der Waals surface area (Å²) in [5.74, 6) is -0.716. The second-order valence-electron chi connectivity index (χ2n) is 2.65. The minimum atomic E-state index is -2.64. The maximum atomic E-state index is 12.6. The highest BCUT2D eigenvalue weighted by Crippen LogP contribution is 2.26. The summed E-state index contributed by atoms with van der Waals surface area (Å²) in [7, 11) is 1.18. The van der Waals surface area contributed by atoms with Crippen LogP contribution in [0.25, 0.3) is 0 Å². The number of rotatable bonds is 3. The van der Waals surface area contributed by atoms with Crippen molar-refractivity contribution in [3.8, 4) is 0 Å². The lowest BCUT2D eigenvalue weighted by Crippen LogP contribution is -2.10. The van der Waals surface area contributed by atoms with E-state index in [-0.39, 0.29) is 22.2 Å². The average Bonchev–Trinajstić information content (AvgIpc) is 2.26. The van der Waals surface area contributed by atoms with Crippen LogP contribution in [0.5, 0.6) is 0 Å². The predicted octanol–water partition coefficient (Wildman–Crippen LogP) is 2.70. The van der Waals surface area contributed by atoms with Gasteiger partial charge in [-0.25, -0.2) is 18.6 Å². The van der Waals surface area contributed by atoms with Gasteiger partial charge < -0.3 is 4.74 Å². The van der Waals surface area contributed by atoms with Crippen LogP contribution in [0.15, 0.2) is 12.3 Å². The van der Waals surface area contributed by atoms with E-state index in [0.29, 0.717) is 0 Å². The minimum Gasteiger partial charge on any atom is -0.464 e. The number of aromatic nitrogens is 1. The average molecular weight is 280 g/mol. The van der Waals surface area contributed by atoms with Gasteiger partial charge in [-0.1, -0.05) is 15.9 Å². The molecule has 0 N–H and O–H groups in total. The van der Waals surface area contributed by atoms with Gasteiger partial charge in [-0.05, 0) is 6.07 Å². The molecule has 0 amide bonds. The Morgan fingerprint density at radius 1 is 1.67 bits per heavy atom. The lowest BCUT2D eigenvalue weighted by molar-refractivity contribution is 0.0592. The summed E-state index contributed by atoms with van der Waals surface area (Å²) in [5.41, 5.74) is -0.117. The maximum Gasteiger partial charge on any atom is 0.356 e. The first kappa shape index (κ1) is 12.0. The summed E-state index contributed by atoms with van der Waals surface area (Å²) < 4.78 is 29.6. The molecular formula is C9H8BrF2NO2. The van der Waals surface area contributed by atoms with E-state index in [1.807, 2.05) is 0 Å². The molecule has 0 spiro atoms. The predicted molar refractivity (Wildman–Crippen MR) is 53.2 cm³/mol. The SMILES string of the molecule is COC(=O)c1nccc(C(F)F)c1CBr. The molecule has 3 nitrogen and oxygen atoms in total. The zero-order valence-electron chi connectivity index (χ0n) is 7.84. The number of nitrogens with zero attached hydrogens (tertiary/aromatic N) is 1. The molecule has 1 rings (SSSR count). The van der Waals surface area contributed by atoms with Crippen LogP contribution in [0.1, 0.15) is 28.0 Å². The second-order valence-corrected chi connectivity index (χ2v) is 3.21. The third-order valence-corrected chi connectivity index (χ3v) is 2.40. The van der Waals surface area contributed by atoms with Gasteiger partial charge in [-0.3, -0.25) is 0 Å². The number of hydrogen-bond donors (Lipinski definition) is 0. The maximum absolute atomic E-state index is 12.6. The molecule has 0 atom stereocenters. The summed E-state index contributed by atoms with van der Waals surface area (Å²) in [5, 5.41) is 0.130. The van der Waals surface area contributed by atoms with Crippen LogP contribution in [0.4, 0.5) is 8.78 Å². The van der Waals surface area contributed by atoms with E-state index in [0.717, 1.165) is 0 Å². The van der Waals surface area contributed by atoms with Gasteiger partial charge in [-0.2, -0.15) is 0 Å². The zero-order chi connectivity index (χ0) is 11.4. The molecule has 0 fully saturated rings. The van der Waals surface area contributed by atoms with Crippen LogP contribution in [0.3, 0.4) is 0 Å². The summed E-state index contributed by atoms with van der Waals surface area (Å²) in [4.78, 5) is 14.9. The van der Waals surface area contributed by atoms with Gasteiger partial charge in [0.2, 0.25) is 0 Å². The van der Waals surface area contributed by atoms with E-state index in [1.165, 1.54) is 19.4 Å². The van der Waals surface area contributed by atoms with Crippen LogP contribution in [-0.2, 0) is 10.1 Å². The molecule has 1 aromatic heterocycles. The highest BCUT2D eigenvalue weighted by atomic mass is 79.9. The Hall–Kier alpha value is -1.04. The van der Waals surface area contributed by atoms with E-state index in [9.17, 15) is 13.6 Å². The number of esters is 1. The molecule has 0 aliphatic carbocycles. The van der Waals surface area contributed by atoms with E-state index in [2.05, 4.69) is 25.7 Å². The van der Waals surface area contributed by atoms with E-state index in [4.69, 9.17) is 0 Å². The smallest absolute Gasteiger partial charge is 0.356 e. The minimum absolute atomic E-state index is 0.0767.